The molecule has 2 aromatic rings. The molecule has 5 nitrogen and oxygen atoms in total. The Balaban J connectivity index is 1.60. The van der Waals surface area contributed by atoms with Crippen LogP contribution >= 0.6 is 11.6 Å². The first-order valence-electron chi connectivity index (χ1n) is 9.97. The van der Waals surface area contributed by atoms with Crippen LogP contribution in [0.25, 0.3) is 0 Å². The molecule has 1 amide bonds. The second-order valence-electron chi connectivity index (χ2n) is 8.15. The summed E-state index contributed by atoms with van der Waals surface area (Å²) >= 11 is 6.10. The number of aryl methyl sites for hydroxylation is 1. The molecule has 154 valence electrons. The summed E-state index contributed by atoms with van der Waals surface area (Å²) in [5.41, 5.74) is 1.34. The fourth-order valence-corrected chi connectivity index (χ4v) is 6.19. The maximum atomic E-state index is 13.4. The van der Waals surface area contributed by atoms with Crippen LogP contribution in [0.4, 0.5) is 5.69 Å². The molecule has 4 rings (SSSR count). The molecular formula is C22H25ClN2O3S. The normalized spacial score (nSPS) is 23.2. The molecule has 0 saturated heterocycles. The summed E-state index contributed by atoms with van der Waals surface area (Å²) in [7, 11) is -3.91. The Bertz CT molecular complexity index is 1010. The molecule has 2 aliphatic rings. The van der Waals surface area contributed by atoms with Crippen LogP contribution < -0.4 is 9.62 Å². The zero-order valence-electron chi connectivity index (χ0n) is 16.3. The third-order valence-corrected chi connectivity index (χ3v) is 8.10. The molecule has 0 unspecified atom stereocenters. The molecule has 0 heterocycles. The van der Waals surface area contributed by atoms with Crippen LogP contribution in [0.3, 0.4) is 0 Å². The average Bonchev–Trinajstić information content (AvgIpc) is 3.29. The topological polar surface area (TPSA) is 66.5 Å². The van der Waals surface area contributed by atoms with Crippen molar-refractivity contribution in [3.05, 3.63) is 59.1 Å². The van der Waals surface area contributed by atoms with Gasteiger partial charge in [0, 0.05) is 11.1 Å². The lowest BCUT2D eigenvalue weighted by Gasteiger charge is -2.27. The maximum absolute atomic E-state index is 13.4. The summed E-state index contributed by atoms with van der Waals surface area (Å²) in [5.74, 6) is 0.945. The Morgan fingerprint density at radius 3 is 2.52 bits per heavy atom. The van der Waals surface area contributed by atoms with Gasteiger partial charge in [-0.15, -0.1) is 0 Å². The molecule has 2 aromatic carbocycles. The van der Waals surface area contributed by atoms with Crippen LogP contribution in [0.1, 0.15) is 31.2 Å². The van der Waals surface area contributed by atoms with Gasteiger partial charge in [0.1, 0.15) is 6.54 Å². The van der Waals surface area contributed by atoms with Crippen molar-refractivity contribution < 1.29 is 13.2 Å². The van der Waals surface area contributed by atoms with E-state index in [0.29, 0.717) is 22.5 Å². The molecule has 1 N–H and O–H groups in total. The van der Waals surface area contributed by atoms with Crippen LogP contribution in [0, 0.1) is 18.8 Å². The first-order valence-corrected chi connectivity index (χ1v) is 11.8. The molecule has 2 bridgehead atoms. The van der Waals surface area contributed by atoms with Crippen LogP contribution in [-0.2, 0) is 14.8 Å². The Hall–Kier alpha value is -2.05. The molecule has 7 heteroatoms. The van der Waals surface area contributed by atoms with Gasteiger partial charge in [0.25, 0.3) is 10.0 Å². The minimum Gasteiger partial charge on any atom is -0.352 e. The van der Waals surface area contributed by atoms with Crippen molar-refractivity contribution in [2.24, 2.45) is 11.8 Å². The second-order valence-corrected chi connectivity index (χ2v) is 10.5. The van der Waals surface area contributed by atoms with E-state index in [0.717, 1.165) is 22.7 Å². The van der Waals surface area contributed by atoms with E-state index in [9.17, 15) is 13.2 Å². The van der Waals surface area contributed by atoms with Gasteiger partial charge in [-0.1, -0.05) is 41.8 Å². The third kappa shape index (κ3) is 4.28. The highest BCUT2D eigenvalue weighted by Gasteiger charge is 2.40. The number of fused-ring (bicyclic) bond motifs is 2. The number of rotatable bonds is 6. The van der Waals surface area contributed by atoms with Gasteiger partial charge in [0.2, 0.25) is 5.91 Å². The van der Waals surface area contributed by atoms with Gasteiger partial charge in [-0.25, -0.2) is 8.42 Å². The highest BCUT2D eigenvalue weighted by Crippen LogP contribution is 2.44. The highest BCUT2D eigenvalue weighted by atomic mass is 35.5. The molecule has 2 saturated carbocycles. The van der Waals surface area contributed by atoms with Crippen molar-refractivity contribution >= 4 is 33.2 Å². The molecule has 3 atom stereocenters. The van der Waals surface area contributed by atoms with E-state index in [1.807, 2.05) is 6.92 Å². The van der Waals surface area contributed by atoms with Crippen molar-refractivity contribution in [3.8, 4) is 0 Å². The molecule has 0 aliphatic heterocycles. The first kappa shape index (κ1) is 20.2. The number of sulfonamides is 1. The predicted molar refractivity (Wildman–Crippen MR) is 115 cm³/mol. The lowest BCUT2D eigenvalue weighted by atomic mass is 9.95. The minimum atomic E-state index is -3.91. The quantitative estimate of drug-likeness (QED) is 0.745. The van der Waals surface area contributed by atoms with E-state index in [2.05, 4.69) is 5.32 Å². The zero-order valence-corrected chi connectivity index (χ0v) is 17.9. The zero-order chi connectivity index (χ0) is 20.6. The Labute approximate surface area is 177 Å². The van der Waals surface area contributed by atoms with Crippen molar-refractivity contribution in [1.82, 2.24) is 5.32 Å². The van der Waals surface area contributed by atoms with E-state index in [1.165, 1.54) is 12.8 Å². The minimum absolute atomic E-state index is 0.149. The number of benzene rings is 2. The number of carbonyl (C=O) groups excluding carboxylic acids is 1. The van der Waals surface area contributed by atoms with Crippen LogP contribution in [-0.4, -0.2) is 26.9 Å². The van der Waals surface area contributed by atoms with Gasteiger partial charge < -0.3 is 5.32 Å². The number of amides is 1. The van der Waals surface area contributed by atoms with Crippen LogP contribution in [0.15, 0.2) is 53.4 Å². The fraction of sp³-hybridized carbons (Fsp3) is 0.409. The number of nitrogens with zero attached hydrogens (tertiary/aromatic N) is 1. The van der Waals surface area contributed by atoms with Gasteiger partial charge >= 0.3 is 0 Å². The van der Waals surface area contributed by atoms with E-state index in [-0.39, 0.29) is 23.4 Å². The number of hydrogen-bond donors (Lipinski definition) is 1. The molecule has 0 spiro atoms. The number of halogens is 1. The smallest absolute Gasteiger partial charge is 0.264 e. The summed E-state index contributed by atoms with van der Waals surface area (Å²) in [4.78, 5) is 13.0. The van der Waals surface area contributed by atoms with Crippen molar-refractivity contribution in [2.45, 2.75) is 43.5 Å². The first-order chi connectivity index (χ1) is 13.8. The second kappa shape index (κ2) is 8.00. The van der Waals surface area contributed by atoms with Gasteiger partial charge in [0.15, 0.2) is 0 Å². The lowest BCUT2D eigenvalue weighted by molar-refractivity contribution is -0.120. The van der Waals surface area contributed by atoms with Gasteiger partial charge in [-0.2, -0.15) is 0 Å². The fourth-order valence-electron chi connectivity index (χ4n) is 4.59. The summed E-state index contributed by atoms with van der Waals surface area (Å²) in [5, 5.41) is 3.50. The summed E-state index contributed by atoms with van der Waals surface area (Å²) in [6.45, 7) is 1.62. The molecule has 2 aliphatic carbocycles. The standard InChI is InChI=1S/C22H25ClN2O3S/c1-15-5-9-20(10-6-15)29(27,28)25(19-4-2-3-18(23)13-19)14-22(26)24-21-12-16-7-8-17(21)11-16/h2-6,9-10,13,16-17,21H,7-8,11-12,14H2,1H3,(H,24,26)/t16-,17-,21+/m0/s1. The summed E-state index contributed by atoms with van der Waals surface area (Å²) in [6.07, 6.45) is 4.56. The molecule has 0 aromatic heterocycles. The molecule has 0 radical (unpaired) electrons. The third-order valence-electron chi connectivity index (χ3n) is 6.08. The molecule has 29 heavy (non-hydrogen) atoms. The lowest BCUT2D eigenvalue weighted by Crippen LogP contribution is -2.46. The number of carbonyl (C=O) groups is 1. The molecular weight excluding hydrogens is 408 g/mol. The Morgan fingerprint density at radius 2 is 1.90 bits per heavy atom. The van der Waals surface area contributed by atoms with E-state index >= 15 is 0 Å². The average molecular weight is 433 g/mol. The van der Waals surface area contributed by atoms with Gasteiger partial charge in [-0.05, 0) is 68.4 Å². The SMILES string of the molecule is Cc1ccc(S(=O)(=O)N(CC(=O)N[C@@H]2C[C@H]3CC[C@H]2C3)c2cccc(Cl)c2)cc1. The van der Waals surface area contributed by atoms with E-state index < -0.39 is 10.0 Å². The van der Waals surface area contributed by atoms with Crippen molar-refractivity contribution in [1.29, 1.82) is 0 Å². The van der Waals surface area contributed by atoms with Gasteiger partial charge in [-0.3, -0.25) is 9.10 Å². The maximum Gasteiger partial charge on any atom is 0.264 e. The predicted octanol–water partition coefficient (Wildman–Crippen LogP) is 4.15. The monoisotopic (exact) mass is 432 g/mol. The van der Waals surface area contributed by atoms with Crippen LogP contribution in [0.2, 0.25) is 5.02 Å². The van der Waals surface area contributed by atoms with Crippen LogP contribution in [0.5, 0.6) is 0 Å². The largest absolute Gasteiger partial charge is 0.352 e. The number of anilines is 1. The Morgan fingerprint density at radius 1 is 1.14 bits per heavy atom. The van der Waals surface area contributed by atoms with Gasteiger partial charge in [0.05, 0.1) is 10.6 Å². The van der Waals surface area contributed by atoms with E-state index in [4.69, 9.17) is 11.6 Å². The number of nitrogens with one attached hydrogen (secondary N) is 1. The highest BCUT2D eigenvalue weighted by molar-refractivity contribution is 7.92. The Kier molecular flexibility index (Phi) is 5.58. The summed E-state index contributed by atoms with van der Waals surface area (Å²) < 4.78 is 27.9. The van der Waals surface area contributed by atoms with Crippen molar-refractivity contribution in [3.63, 3.8) is 0 Å². The summed E-state index contributed by atoms with van der Waals surface area (Å²) in [6, 6.07) is 13.4. The molecule has 2 fully saturated rings. The van der Waals surface area contributed by atoms with E-state index in [1.54, 1.807) is 48.5 Å². The van der Waals surface area contributed by atoms with Crippen molar-refractivity contribution in [2.75, 3.05) is 10.8 Å². The number of hydrogen-bond acceptors (Lipinski definition) is 3.